The molecule has 0 saturated heterocycles. The molecule has 0 aromatic carbocycles. The lowest BCUT2D eigenvalue weighted by Crippen LogP contribution is -2.44. The fraction of sp³-hybridized carbons (Fsp3) is 0.714. The molecule has 94 valence electrons. The summed E-state index contributed by atoms with van der Waals surface area (Å²) in [5, 5.41) is 0. The first-order valence-corrected chi connectivity index (χ1v) is 6.14. The van der Waals surface area contributed by atoms with Crippen LogP contribution in [0.5, 0.6) is 0 Å². The molecule has 0 radical (unpaired) electrons. The van der Waals surface area contributed by atoms with Crippen molar-refractivity contribution in [3.63, 3.8) is 0 Å². The molecule has 0 aromatic rings. The van der Waals surface area contributed by atoms with Gasteiger partial charge in [0.2, 0.25) is 0 Å². The zero-order chi connectivity index (χ0) is 12.8. The van der Waals surface area contributed by atoms with Crippen LogP contribution in [0, 0.1) is 10.8 Å². The second kappa shape index (κ2) is 3.69. The summed E-state index contributed by atoms with van der Waals surface area (Å²) in [6.45, 7) is 6.11. The molecule has 2 aliphatic carbocycles. The van der Waals surface area contributed by atoms with Gasteiger partial charge in [0.1, 0.15) is 5.78 Å². The fourth-order valence-electron chi connectivity index (χ4n) is 3.04. The molecule has 0 heterocycles. The molecule has 0 unspecified atom stereocenters. The third-order valence-corrected chi connectivity index (χ3v) is 4.16. The normalized spacial score (nSPS) is 32.5. The van der Waals surface area contributed by atoms with E-state index < -0.39 is 5.41 Å². The van der Waals surface area contributed by atoms with Crippen LogP contribution in [-0.2, 0) is 14.3 Å². The van der Waals surface area contributed by atoms with Gasteiger partial charge in [0.05, 0.1) is 12.5 Å². The zero-order valence-electron chi connectivity index (χ0n) is 11.1. The van der Waals surface area contributed by atoms with Crippen LogP contribution in [0.2, 0.25) is 0 Å². The highest BCUT2D eigenvalue weighted by atomic mass is 16.5. The molecule has 1 saturated carbocycles. The number of ether oxygens (including phenoxy) is 1. The molecule has 1 fully saturated rings. The van der Waals surface area contributed by atoms with E-state index in [1.165, 1.54) is 7.11 Å². The highest BCUT2D eigenvalue weighted by molar-refractivity contribution is 6.00. The average molecular weight is 236 g/mol. The molecule has 0 N–H and O–H groups in total. The van der Waals surface area contributed by atoms with E-state index in [1.54, 1.807) is 0 Å². The van der Waals surface area contributed by atoms with E-state index in [9.17, 15) is 9.59 Å². The smallest absolute Gasteiger partial charge is 0.197 e. The predicted octanol–water partition coefficient (Wildman–Crippen LogP) is 2.65. The summed E-state index contributed by atoms with van der Waals surface area (Å²) < 4.78 is 5.26. The van der Waals surface area contributed by atoms with E-state index in [0.717, 1.165) is 12.0 Å². The van der Waals surface area contributed by atoms with Gasteiger partial charge in [-0.2, -0.15) is 0 Å². The van der Waals surface area contributed by atoms with Crippen molar-refractivity contribution in [2.75, 3.05) is 7.11 Å². The van der Waals surface area contributed by atoms with Gasteiger partial charge < -0.3 is 4.74 Å². The number of Topliss-reactive ketones (excluding diaryl/α,β-unsaturated/α-hetero) is 2. The number of methoxy groups -OCH3 is 1. The Bertz CT molecular complexity index is 417. The first kappa shape index (κ1) is 12.3. The molecule has 3 nitrogen and oxygen atoms in total. The Morgan fingerprint density at radius 1 is 1.12 bits per heavy atom. The van der Waals surface area contributed by atoms with Crippen LogP contribution in [0.15, 0.2) is 11.3 Å². The number of carbonyl (C=O) groups is 2. The van der Waals surface area contributed by atoms with Gasteiger partial charge in [-0.25, -0.2) is 0 Å². The maximum absolute atomic E-state index is 12.3. The van der Waals surface area contributed by atoms with E-state index in [2.05, 4.69) is 13.8 Å². The van der Waals surface area contributed by atoms with Crippen LogP contribution < -0.4 is 0 Å². The molecule has 2 aliphatic rings. The lowest BCUT2D eigenvalue weighted by molar-refractivity contribution is -0.133. The number of fused-ring (bicyclic) bond motifs is 1. The second-order valence-corrected chi connectivity index (χ2v) is 6.21. The van der Waals surface area contributed by atoms with Crippen molar-refractivity contribution in [2.24, 2.45) is 10.8 Å². The van der Waals surface area contributed by atoms with Gasteiger partial charge in [-0.15, -0.1) is 0 Å². The van der Waals surface area contributed by atoms with E-state index >= 15 is 0 Å². The number of ketones is 2. The maximum Gasteiger partial charge on any atom is 0.197 e. The Morgan fingerprint density at radius 3 is 2.35 bits per heavy atom. The van der Waals surface area contributed by atoms with Crippen molar-refractivity contribution < 1.29 is 14.3 Å². The molecule has 0 amide bonds. The van der Waals surface area contributed by atoms with Crippen LogP contribution in [0.4, 0.5) is 0 Å². The van der Waals surface area contributed by atoms with E-state index in [1.807, 2.05) is 6.92 Å². The minimum absolute atomic E-state index is 0.0467. The van der Waals surface area contributed by atoms with Crippen molar-refractivity contribution in [1.82, 2.24) is 0 Å². The Balaban J connectivity index is 2.56. The average Bonchev–Trinajstić information content (AvgIpc) is 2.21. The van der Waals surface area contributed by atoms with Gasteiger partial charge in [0.25, 0.3) is 0 Å². The van der Waals surface area contributed by atoms with Crippen molar-refractivity contribution in [3.05, 3.63) is 11.3 Å². The Kier molecular flexibility index (Phi) is 2.68. The van der Waals surface area contributed by atoms with Crippen molar-refractivity contribution in [1.29, 1.82) is 0 Å². The number of allylic oxidation sites excluding steroid dienone is 2. The van der Waals surface area contributed by atoms with Crippen LogP contribution in [0.3, 0.4) is 0 Å². The van der Waals surface area contributed by atoms with E-state index in [-0.39, 0.29) is 17.0 Å². The summed E-state index contributed by atoms with van der Waals surface area (Å²) in [4.78, 5) is 24.2. The SMILES string of the molecule is COC1=C2CC(C)(C)CC(=O)[C@@]2(C)CCC1=O. The third kappa shape index (κ3) is 1.81. The van der Waals surface area contributed by atoms with Crippen LogP contribution >= 0.6 is 0 Å². The number of hydrogen-bond donors (Lipinski definition) is 0. The third-order valence-electron chi connectivity index (χ3n) is 4.16. The Morgan fingerprint density at radius 2 is 1.76 bits per heavy atom. The van der Waals surface area contributed by atoms with Crippen molar-refractivity contribution >= 4 is 11.6 Å². The monoisotopic (exact) mass is 236 g/mol. The molecular formula is C14H20O3. The molecular weight excluding hydrogens is 216 g/mol. The topological polar surface area (TPSA) is 43.4 Å². The molecule has 0 aliphatic heterocycles. The minimum Gasteiger partial charge on any atom is -0.493 e. The second-order valence-electron chi connectivity index (χ2n) is 6.21. The van der Waals surface area contributed by atoms with E-state index in [4.69, 9.17) is 4.74 Å². The molecule has 0 spiro atoms. The summed E-state index contributed by atoms with van der Waals surface area (Å²) in [6, 6.07) is 0. The van der Waals surface area contributed by atoms with Gasteiger partial charge in [-0.05, 0) is 30.8 Å². The van der Waals surface area contributed by atoms with E-state index in [0.29, 0.717) is 25.0 Å². The standard InChI is InChI=1S/C14H20O3/c1-13(2)7-9-12(17-4)10(15)5-6-14(9,3)11(16)8-13/h5-8H2,1-4H3/t14-/m0/s1. The molecule has 0 bridgehead atoms. The van der Waals surface area contributed by atoms with Crippen molar-refractivity contribution in [3.8, 4) is 0 Å². The minimum atomic E-state index is -0.464. The number of hydrogen-bond acceptors (Lipinski definition) is 3. The first-order valence-electron chi connectivity index (χ1n) is 6.14. The van der Waals surface area contributed by atoms with Gasteiger partial charge in [-0.1, -0.05) is 13.8 Å². The molecule has 0 aromatic heterocycles. The quantitative estimate of drug-likeness (QED) is 0.703. The fourth-order valence-corrected chi connectivity index (χ4v) is 3.04. The largest absolute Gasteiger partial charge is 0.493 e. The van der Waals surface area contributed by atoms with Gasteiger partial charge in [0.15, 0.2) is 11.5 Å². The van der Waals surface area contributed by atoms with Crippen LogP contribution in [-0.4, -0.2) is 18.7 Å². The summed E-state index contributed by atoms with van der Waals surface area (Å²) in [5.41, 5.74) is 0.403. The zero-order valence-corrected chi connectivity index (χ0v) is 11.1. The summed E-state index contributed by atoms with van der Waals surface area (Å²) in [7, 11) is 1.53. The van der Waals surface area contributed by atoms with Crippen LogP contribution in [0.1, 0.15) is 46.5 Å². The van der Waals surface area contributed by atoms with Crippen LogP contribution in [0.25, 0.3) is 0 Å². The van der Waals surface area contributed by atoms with Gasteiger partial charge in [0, 0.05) is 12.8 Å². The molecule has 3 heteroatoms. The molecule has 17 heavy (non-hydrogen) atoms. The Hall–Kier alpha value is -1.12. The summed E-state index contributed by atoms with van der Waals surface area (Å²) >= 11 is 0. The lowest BCUT2D eigenvalue weighted by atomic mass is 9.58. The lowest BCUT2D eigenvalue weighted by Gasteiger charge is -2.44. The number of rotatable bonds is 1. The highest BCUT2D eigenvalue weighted by Crippen LogP contribution is 2.52. The van der Waals surface area contributed by atoms with Gasteiger partial charge >= 0.3 is 0 Å². The van der Waals surface area contributed by atoms with Gasteiger partial charge in [-0.3, -0.25) is 9.59 Å². The maximum atomic E-state index is 12.3. The highest BCUT2D eigenvalue weighted by Gasteiger charge is 2.50. The van der Waals surface area contributed by atoms with Crippen molar-refractivity contribution in [2.45, 2.75) is 46.5 Å². The molecule has 1 atom stereocenters. The summed E-state index contributed by atoms with van der Waals surface area (Å²) in [5.74, 6) is 0.746. The summed E-state index contributed by atoms with van der Waals surface area (Å²) in [6.07, 6.45) is 2.45. The molecule has 2 rings (SSSR count). The number of carbonyl (C=O) groups excluding carboxylic acids is 2. The Labute approximate surface area is 102 Å². The predicted molar refractivity (Wildman–Crippen MR) is 64.4 cm³/mol. The first-order chi connectivity index (χ1) is 7.80.